The molecule has 0 fully saturated rings. The molecule has 0 atom stereocenters. The highest BCUT2D eigenvalue weighted by atomic mass is 32.2. The molecule has 206 valence electrons. The van der Waals surface area contributed by atoms with Crippen LogP contribution in [-0.2, 0) is 14.8 Å². The summed E-state index contributed by atoms with van der Waals surface area (Å²) in [5, 5.41) is 9.31. The van der Waals surface area contributed by atoms with Crippen molar-refractivity contribution in [3.05, 3.63) is 78.1 Å². The number of hydrogen-bond acceptors (Lipinski definition) is 7. The van der Waals surface area contributed by atoms with Crippen molar-refractivity contribution in [3.63, 3.8) is 0 Å². The number of anilines is 1. The Hall–Kier alpha value is -4.60. The summed E-state index contributed by atoms with van der Waals surface area (Å²) < 4.78 is 60.7. The number of carbonyl (C=O) groups is 1. The van der Waals surface area contributed by atoms with Gasteiger partial charge in [-0.15, -0.1) is 0 Å². The predicted molar refractivity (Wildman–Crippen MR) is 144 cm³/mol. The van der Waals surface area contributed by atoms with Crippen molar-refractivity contribution in [2.24, 2.45) is 0 Å². The van der Waals surface area contributed by atoms with Crippen molar-refractivity contribution >= 4 is 32.5 Å². The Bertz CT molecular complexity index is 1740. The van der Waals surface area contributed by atoms with Crippen LogP contribution in [0.3, 0.4) is 0 Å². The number of rotatable bonds is 9. The largest absolute Gasteiger partial charge is 0.480 e. The maximum atomic E-state index is 14.2. The number of pyridine rings is 2. The zero-order chi connectivity index (χ0) is 28.7. The summed E-state index contributed by atoms with van der Waals surface area (Å²) in [6.07, 6.45) is 5.20. The first kappa shape index (κ1) is 28.4. The fraction of sp³-hybridized carbons (Fsp3) is 0.179. The highest BCUT2D eigenvalue weighted by molar-refractivity contribution is 7.92. The van der Waals surface area contributed by atoms with E-state index in [0.29, 0.717) is 42.0 Å². The lowest BCUT2D eigenvalue weighted by atomic mass is 10.0. The van der Waals surface area contributed by atoms with Gasteiger partial charge in [-0.05, 0) is 54.8 Å². The van der Waals surface area contributed by atoms with Crippen LogP contribution in [0.1, 0.15) is 31.2 Å². The summed E-state index contributed by atoms with van der Waals surface area (Å²) in [7, 11) is -3.12. The lowest BCUT2D eigenvalue weighted by Gasteiger charge is -2.13. The van der Waals surface area contributed by atoms with E-state index >= 15 is 0 Å². The van der Waals surface area contributed by atoms with Gasteiger partial charge in [0.25, 0.3) is 10.0 Å². The average Bonchev–Trinajstić information content (AvgIpc) is 2.94. The van der Waals surface area contributed by atoms with Crippen LogP contribution in [0.4, 0.5) is 14.5 Å². The molecule has 2 heterocycles. The van der Waals surface area contributed by atoms with Crippen molar-refractivity contribution in [3.8, 4) is 28.8 Å². The quantitative estimate of drug-likeness (QED) is 0.115. The summed E-state index contributed by atoms with van der Waals surface area (Å²) in [6.45, 7) is 0. The van der Waals surface area contributed by atoms with E-state index < -0.39 is 32.5 Å². The van der Waals surface area contributed by atoms with Gasteiger partial charge in [-0.2, -0.15) is 0 Å². The fourth-order valence-electron chi connectivity index (χ4n) is 3.89. The summed E-state index contributed by atoms with van der Waals surface area (Å²) in [4.78, 5) is 19.0. The number of hydrogen-bond donors (Lipinski definition) is 3. The van der Waals surface area contributed by atoms with Gasteiger partial charge in [-0.3, -0.25) is 19.7 Å². The third kappa shape index (κ3) is 6.69. The molecule has 0 aliphatic rings. The Kier molecular flexibility index (Phi) is 8.88. The fourth-order valence-corrected chi connectivity index (χ4v) is 4.99. The molecule has 0 unspecified atom stereocenters. The van der Waals surface area contributed by atoms with E-state index in [0.717, 1.165) is 23.1 Å². The number of hydroxylamine groups is 1. The molecule has 0 saturated heterocycles. The minimum Gasteiger partial charge on any atom is -0.480 e. The Labute approximate surface area is 229 Å². The van der Waals surface area contributed by atoms with Gasteiger partial charge in [0.15, 0.2) is 0 Å². The number of nitrogens with one attached hydrogen (secondary N) is 2. The SMILES string of the molecule is COc1ncc(-c2ccc3nccc(C#CCCCCC(=O)NO)c3c2)cc1NS(=O)(=O)c1ccc(F)cc1F. The van der Waals surface area contributed by atoms with Gasteiger partial charge < -0.3 is 4.74 Å². The molecule has 0 saturated carbocycles. The van der Waals surface area contributed by atoms with Crippen molar-refractivity contribution in [2.75, 3.05) is 11.8 Å². The number of fused-ring (bicyclic) bond motifs is 1. The van der Waals surface area contributed by atoms with Crippen molar-refractivity contribution in [1.29, 1.82) is 0 Å². The van der Waals surface area contributed by atoms with Crippen LogP contribution in [0, 0.1) is 23.5 Å². The Balaban J connectivity index is 1.63. The number of aromatic nitrogens is 2. The monoisotopic (exact) mass is 566 g/mol. The van der Waals surface area contributed by atoms with Crippen LogP contribution in [0.5, 0.6) is 5.88 Å². The average molecular weight is 567 g/mol. The third-order valence-corrected chi connectivity index (χ3v) is 7.25. The Morgan fingerprint density at radius 3 is 2.62 bits per heavy atom. The molecule has 4 aromatic rings. The molecule has 0 spiro atoms. The number of carbonyl (C=O) groups excluding carboxylic acids is 1. The first-order chi connectivity index (χ1) is 19.2. The van der Waals surface area contributed by atoms with E-state index in [1.165, 1.54) is 19.4 Å². The van der Waals surface area contributed by atoms with Crippen LogP contribution in [0.2, 0.25) is 0 Å². The normalized spacial score (nSPS) is 11.0. The van der Waals surface area contributed by atoms with Crippen molar-refractivity contribution in [1.82, 2.24) is 15.4 Å². The van der Waals surface area contributed by atoms with Crippen LogP contribution in [0.25, 0.3) is 22.0 Å². The number of benzene rings is 2. The molecule has 2 aromatic carbocycles. The Morgan fingerprint density at radius 2 is 1.88 bits per heavy atom. The van der Waals surface area contributed by atoms with Gasteiger partial charge in [-0.1, -0.05) is 17.9 Å². The molecular weight excluding hydrogens is 542 g/mol. The van der Waals surface area contributed by atoms with E-state index in [1.54, 1.807) is 29.9 Å². The molecule has 40 heavy (non-hydrogen) atoms. The maximum Gasteiger partial charge on any atom is 0.264 e. The van der Waals surface area contributed by atoms with Gasteiger partial charge in [0.2, 0.25) is 11.8 Å². The van der Waals surface area contributed by atoms with E-state index in [2.05, 4.69) is 26.5 Å². The Morgan fingerprint density at radius 1 is 1.05 bits per heavy atom. The van der Waals surface area contributed by atoms with E-state index in [9.17, 15) is 22.0 Å². The molecule has 1 amide bonds. The summed E-state index contributed by atoms with van der Waals surface area (Å²) >= 11 is 0. The number of sulfonamides is 1. The molecule has 0 aliphatic carbocycles. The summed E-state index contributed by atoms with van der Waals surface area (Å²) in [6, 6.07) is 10.9. The standard InChI is InChI=1S/C28H24F2N4O5S/c1-39-28-25(34-40(37,38)26-11-9-21(29)16-23(26)30)15-20(17-32-28)19-8-10-24-22(14-19)18(12-13-31-24)6-4-2-3-5-7-27(35)33-36/h8-17,34,36H,2-3,5,7H2,1H3,(H,33,35). The van der Waals surface area contributed by atoms with Gasteiger partial charge in [-0.25, -0.2) is 27.7 Å². The number of amides is 1. The lowest BCUT2D eigenvalue weighted by molar-refractivity contribution is -0.129. The first-order valence-corrected chi connectivity index (χ1v) is 13.5. The number of nitrogens with zero attached hydrogens (tertiary/aromatic N) is 2. The molecule has 2 aromatic heterocycles. The molecule has 0 aliphatic heterocycles. The highest BCUT2D eigenvalue weighted by Crippen LogP contribution is 2.32. The molecule has 9 nitrogen and oxygen atoms in total. The first-order valence-electron chi connectivity index (χ1n) is 12.0. The number of methoxy groups -OCH3 is 1. The molecule has 0 bridgehead atoms. The van der Waals surface area contributed by atoms with Crippen LogP contribution >= 0.6 is 0 Å². The second-order valence-corrected chi connectivity index (χ2v) is 10.2. The number of halogens is 2. The summed E-state index contributed by atoms with van der Waals surface area (Å²) in [5.74, 6) is 3.60. The number of unbranched alkanes of at least 4 members (excludes halogenated alkanes) is 2. The lowest BCUT2D eigenvalue weighted by Crippen LogP contribution is -2.17. The molecular formula is C28H24F2N4O5S. The highest BCUT2D eigenvalue weighted by Gasteiger charge is 2.22. The smallest absolute Gasteiger partial charge is 0.264 e. The molecule has 12 heteroatoms. The van der Waals surface area contributed by atoms with E-state index in [1.807, 2.05) is 6.07 Å². The van der Waals surface area contributed by atoms with E-state index in [4.69, 9.17) is 9.94 Å². The topological polar surface area (TPSA) is 131 Å². The van der Waals surface area contributed by atoms with Crippen LogP contribution in [0.15, 0.2) is 65.8 Å². The third-order valence-electron chi connectivity index (χ3n) is 5.85. The summed E-state index contributed by atoms with van der Waals surface area (Å²) in [5.41, 5.74) is 4.21. The van der Waals surface area contributed by atoms with Gasteiger partial charge in [0.1, 0.15) is 22.2 Å². The molecule has 0 radical (unpaired) electrons. The van der Waals surface area contributed by atoms with Gasteiger partial charge in [0.05, 0.1) is 12.6 Å². The second kappa shape index (κ2) is 12.5. The van der Waals surface area contributed by atoms with Gasteiger partial charge >= 0.3 is 0 Å². The minimum absolute atomic E-state index is 0.0371. The molecule has 3 N–H and O–H groups in total. The van der Waals surface area contributed by atoms with Crippen molar-refractivity contribution < 1.29 is 31.9 Å². The van der Waals surface area contributed by atoms with E-state index in [-0.39, 0.29) is 18.0 Å². The van der Waals surface area contributed by atoms with Gasteiger partial charge in [0, 0.05) is 47.8 Å². The van der Waals surface area contributed by atoms with Crippen LogP contribution < -0.4 is 14.9 Å². The zero-order valence-corrected chi connectivity index (χ0v) is 22.1. The van der Waals surface area contributed by atoms with Crippen LogP contribution in [-0.4, -0.2) is 36.6 Å². The zero-order valence-electron chi connectivity index (χ0n) is 21.2. The van der Waals surface area contributed by atoms with Crippen molar-refractivity contribution in [2.45, 2.75) is 30.6 Å². The number of ether oxygens (including phenoxy) is 1. The minimum atomic E-state index is -4.43. The molecule has 4 rings (SSSR count). The second-order valence-electron chi connectivity index (χ2n) is 8.60. The maximum absolute atomic E-state index is 14.2. The predicted octanol–water partition coefficient (Wildman–Crippen LogP) is 4.80.